The first kappa shape index (κ1) is 15.4. The van der Waals surface area contributed by atoms with Crippen molar-refractivity contribution in [2.24, 2.45) is 5.92 Å². The Kier molecular flexibility index (Phi) is 6.05. The molecular formula is C13H28N4O. The lowest BCUT2D eigenvalue weighted by molar-refractivity contribution is -0.124. The van der Waals surface area contributed by atoms with Gasteiger partial charge in [-0.05, 0) is 26.9 Å². The molecule has 0 aromatic rings. The molecule has 1 aliphatic rings. The van der Waals surface area contributed by atoms with E-state index in [9.17, 15) is 4.79 Å². The second kappa shape index (κ2) is 7.07. The molecule has 1 aliphatic heterocycles. The van der Waals surface area contributed by atoms with E-state index < -0.39 is 0 Å². The molecule has 18 heavy (non-hydrogen) atoms. The summed E-state index contributed by atoms with van der Waals surface area (Å²) in [5, 5.41) is 9.75. The topological polar surface area (TPSA) is 56.4 Å². The second-order valence-electron chi connectivity index (χ2n) is 5.89. The molecule has 1 amide bonds. The molecule has 5 nitrogen and oxygen atoms in total. The number of hydrogen-bond donors (Lipinski definition) is 3. The van der Waals surface area contributed by atoms with Crippen LogP contribution < -0.4 is 16.0 Å². The van der Waals surface area contributed by atoms with Gasteiger partial charge >= 0.3 is 0 Å². The minimum atomic E-state index is -0.107. The number of amides is 1. The van der Waals surface area contributed by atoms with Gasteiger partial charge in [0.2, 0.25) is 5.91 Å². The van der Waals surface area contributed by atoms with Crippen molar-refractivity contribution in [3.63, 3.8) is 0 Å². The van der Waals surface area contributed by atoms with E-state index in [1.807, 2.05) is 14.1 Å². The fourth-order valence-electron chi connectivity index (χ4n) is 2.07. The Morgan fingerprint density at radius 1 is 1.33 bits per heavy atom. The average Bonchev–Trinajstić information content (AvgIpc) is 2.28. The highest BCUT2D eigenvalue weighted by Gasteiger charge is 2.26. The Hall–Kier alpha value is -0.650. The summed E-state index contributed by atoms with van der Waals surface area (Å²) >= 11 is 0. The zero-order valence-corrected chi connectivity index (χ0v) is 12.3. The molecule has 0 bridgehead atoms. The van der Waals surface area contributed by atoms with Gasteiger partial charge < -0.3 is 20.9 Å². The highest BCUT2D eigenvalue weighted by molar-refractivity contribution is 5.82. The maximum absolute atomic E-state index is 12.2. The Bertz CT molecular complexity index is 260. The van der Waals surface area contributed by atoms with Crippen molar-refractivity contribution in [2.75, 3.05) is 33.7 Å². The third-order valence-electron chi connectivity index (χ3n) is 3.35. The van der Waals surface area contributed by atoms with Crippen LogP contribution in [0.25, 0.3) is 0 Å². The van der Waals surface area contributed by atoms with Crippen molar-refractivity contribution < 1.29 is 4.79 Å². The third-order valence-corrected chi connectivity index (χ3v) is 3.35. The predicted molar refractivity (Wildman–Crippen MR) is 74.6 cm³/mol. The van der Waals surface area contributed by atoms with Crippen molar-refractivity contribution in [3.8, 4) is 0 Å². The summed E-state index contributed by atoms with van der Waals surface area (Å²) in [6.45, 7) is 8.83. The van der Waals surface area contributed by atoms with Crippen LogP contribution in [0.5, 0.6) is 0 Å². The first-order valence-corrected chi connectivity index (χ1v) is 6.82. The van der Waals surface area contributed by atoms with E-state index in [4.69, 9.17) is 0 Å². The number of carbonyl (C=O) groups excluding carboxylic acids is 1. The summed E-state index contributed by atoms with van der Waals surface area (Å²) in [5.74, 6) is 0.543. The van der Waals surface area contributed by atoms with Gasteiger partial charge in [0.05, 0.1) is 6.04 Å². The molecule has 106 valence electrons. The van der Waals surface area contributed by atoms with Gasteiger partial charge in [0.25, 0.3) is 0 Å². The van der Waals surface area contributed by atoms with Gasteiger partial charge in [-0.1, -0.05) is 13.8 Å². The molecule has 0 aromatic carbocycles. The van der Waals surface area contributed by atoms with Crippen molar-refractivity contribution in [1.82, 2.24) is 20.9 Å². The second-order valence-corrected chi connectivity index (χ2v) is 5.89. The van der Waals surface area contributed by atoms with E-state index in [2.05, 4.69) is 41.6 Å². The third kappa shape index (κ3) is 4.92. The number of piperazine rings is 1. The highest BCUT2D eigenvalue weighted by Crippen LogP contribution is 2.04. The molecule has 1 saturated heterocycles. The van der Waals surface area contributed by atoms with Crippen LogP contribution in [0.4, 0.5) is 0 Å². The van der Waals surface area contributed by atoms with E-state index in [1.54, 1.807) is 0 Å². The lowest BCUT2D eigenvalue weighted by Gasteiger charge is -2.31. The Labute approximate surface area is 111 Å². The van der Waals surface area contributed by atoms with Crippen molar-refractivity contribution >= 4 is 5.91 Å². The molecule has 1 rings (SSSR count). The zero-order valence-electron chi connectivity index (χ0n) is 12.3. The first-order valence-electron chi connectivity index (χ1n) is 6.82. The molecule has 0 saturated carbocycles. The van der Waals surface area contributed by atoms with Crippen LogP contribution in [-0.4, -0.2) is 62.7 Å². The van der Waals surface area contributed by atoms with Crippen molar-refractivity contribution in [2.45, 2.75) is 38.9 Å². The van der Waals surface area contributed by atoms with Gasteiger partial charge in [-0.25, -0.2) is 0 Å². The standard InChI is InChI=1S/C13H28N4O/c1-9(2)12(8-17(4)5)16-13(18)11-7-14-10(3)6-15-11/h9-12,14-15H,6-8H2,1-5H3,(H,16,18). The van der Waals surface area contributed by atoms with Crippen LogP contribution in [0.2, 0.25) is 0 Å². The molecule has 5 heteroatoms. The lowest BCUT2D eigenvalue weighted by Crippen LogP contribution is -2.61. The van der Waals surface area contributed by atoms with Crippen LogP contribution in [0.15, 0.2) is 0 Å². The van der Waals surface area contributed by atoms with Gasteiger partial charge in [0.1, 0.15) is 0 Å². The van der Waals surface area contributed by atoms with Gasteiger partial charge in [0.15, 0.2) is 0 Å². The number of carbonyl (C=O) groups is 1. The normalized spacial score (nSPS) is 26.4. The molecule has 1 fully saturated rings. The van der Waals surface area contributed by atoms with E-state index in [1.165, 1.54) is 0 Å². The number of likely N-dealkylation sites (N-methyl/N-ethyl adjacent to an activating group) is 1. The summed E-state index contributed by atoms with van der Waals surface area (Å²) in [5.41, 5.74) is 0. The monoisotopic (exact) mass is 256 g/mol. The van der Waals surface area contributed by atoms with E-state index in [-0.39, 0.29) is 18.0 Å². The van der Waals surface area contributed by atoms with Crippen molar-refractivity contribution in [1.29, 1.82) is 0 Å². The Morgan fingerprint density at radius 2 is 2.00 bits per heavy atom. The van der Waals surface area contributed by atoms with E-state index >= 15 is 0 Å². The molecule has 1 heterocycles. The minimum Gasteiger partial charge on any atom is -0.350 e. The summed E-state index contributed by atoms with van der Waals surface area (Å²) in [6, 6.07) is 0.537. The minimum absolute atomic E-state index is 0.106. The number of hydrogen-bond acceptors (Lipinski definition) is 4. The number of nitrogens with one attached hydrogen (secondary N) is 3. The number of nitrogens with zero attached hydrogens (tertiary/aromatic N) is 1. The highest BCUT2D eigenvalue weighted by atomic mass is 16.2. The number of rotatable bonds is 5. The smallest absolute Gasteiger partial charge is 0.238 e. The molecule has 0 aromatic heterocycles. The zero-order chi connectivity index (χ0) is 13.7. The molecule has 3 unspecified atom stereocenters. The van der Waals surface area contributed by atoms with Gasteiger partial charge in [-0.15, -0.1) is 0 Å². The molecular weight excluding hydrogens is 228 g/mol. The first-order chi connectivity index (χ1) is 8.40. The van der Waals surface area contributed by atoms with E-state index in [0.29, 0.717) is 18.5 Å². The average molecular weight is 256 g/mol. The Morgan fingerprint density at radius 3 is 2.44 bits per heavy atom. The summed E-state index contributed by atoms with van der Waals surface area (Å²) < 4.78 is 0. The molecule has 3 atom stereocenters. The molecule has 0 spiro atoms. The van der Waals surface area contributed by atoms with E-state index in [0.717, 1.165) is 13.1 Å². The predicted octanol–water partition coefficient (Wildman–Crippen LogP) is -0.361. The quantitative estimate of drug-likeness (QED) is 0.629. The van der Waals surface area contributed by atoms with Crippen LogP contribution in [0, 0.1) is 5.92 Å². The molecule has 0 aliphatic carbocycles. The van der Waals surface area contributed by atoms with Crippen LogP contribution in [0.1, 0.15) is 20.8 Å². The van der Waals surface area contributed by atoms with Crippen LogP contribution in [-0.2, 0) is 4.79 Å². The van der Waals surface area contributed by atoms with Crippen molar-refractivity contribution in [3.05, 3.63) is 0 Å². The summed E-state index contributed by atoms with van der Waals surface area (Å²) in [7, 11) is 4.06. The van der Waals surface area contributed by atoms with Gasteiger partial charge in [-0.3, -0.25) is 4.79 Å². The molecule has 3 N–H and O–H groups in total. The van der Waals surface area contributed by atoms with Gasteiger partial charge in [0, 0.05) is 31.7 Å². The van der Waals surface area contributed by atoms with Crippen LogP contribution >= 0.6 is 0 Å². The summed E-state index contributed by atoms with van der Waals surface area (Å²) in [6.07, 6.45) is 0. The van der Waals surface area contributed by atoms with Gasteiger partial charge in [-0.2, -0.15) is 0 Å². The SMILES string of the molecule is CC1CNC(C(=O)NC(CN(C)C)C(C)C)CN1. The lowest BCUT2D eigenvalue weighted by atomic mass is 10.0. The largest absolute Gasteiger partial charge is 0.350 e. The maximum atomic E-state index is 12.2. The fourth-order valence-corrected chi connectivity index (χ4v) is 2.07. The fraction of sp³-hybridized carbons (Fsp3) is 0.923. The maximum Gasteiger partial charge on any atom is 0.238 e. The Balaban J connectivity index is 2.45. The summed E-state index contributed by atoms with van der Waals surface area (Å²) in [4.78, 5) is 14.3. The van der Waals surface area contributed by atoms with Crippen LogP contribution in [0.3, 0.4) is 0 Å². The molecule has 0 radical (unpaired) electrons.